The lowest BCUT2D eigenvalue weighted by Gasteiger charge is -2.25. The van der Waals surface area contributed by atoms with Crippen molar-refractivity contribution < 1.29 is 0 Å². The third kappa shape index (κ3) is 2.91. The molecule has 0 aromatic heterocycles. The highest BCUT2D eigenvalue weighted by molar-refractivity contribution is 5.99. The van der Waals surface area contributed by atoms with Crippen molar-refractivity contribution in [1.82, 2.24) is 0 Å². The molecule has 0 amide bonds. The largest absolute Gasteiger partial charge is 0.344 e. The van der Waals surface area contributed by atoms with Crippen LogP contribution in [0.15, 0.2) is 79.4 Å². The summed E-state index contributed by atoms with van der Waals surface area (Å²) in [6, 6.07) is 21.3. The quantitative estimate of drug-likeness (QED) is 0.525. The van der Waals surface area contributed by atoms with Crippen LogP contribution < -0.4 is 4.90 Å². The highest BCUT2D eigenvalue weighted by atomic mass is 15.1. The Bertz CT molecular complexity index is 860. The Kier molecular flexibility index (Phi) is 4.29. The number of hydrogen-bond donors (Lipinski definition) is 0. The van der Waals surface area contributed by atoms with Crippen LogP contribution in [-0.4, -0.2) is 7.05 Å². The molecule has 0 atom stereocenters. The van der Waals surface area contributed by atoms with E-state index in [4.69, 9.17) is 0 Å². The van der Waals surface area contributed by atoms with Gasteiger partial charge in [-0.05, 0) is 41.6 Å². The van der Waals surface area contributed by atoms with Gasteiger partial charge in [0, 0.05) is 18.1 Å². The fraction of sp³-hybridized carbons (Fsp3) is 0.0909. The molecule has 0 aliphatic heterocycles. The van der Waals surface area contributed by atoms with Gasteiger partial charge in [0.1, 0.15) is 0 Å². The van der Waals surface area contributed by atoms with Crippen LogP contribution in [0.3, 0.4) is 0 Å². The fourth-order valence-electron chi connectivity index (χ4n) is 3.01. The fourth-order valence-corrected chi connectivity index (χ4v) is 3.01. The van der Waals surface area contributed by atoms with Crippen molar-refractivity contribution in [2.24, 2.45) is 0 Å². The zero-order valence-corrected chi connectivity index (χ0v) is 13.7. The van der Waals surface area contributed by atoms with Crippen LogP contribution >= 0.6 is 0 Å². The van der Waals surface area contributed by atoms with Gasteiger partial charge in [-0.2, -0.15) is 0 Å². The molecule has 0 aliphatic carbocycles. The number of benzene rings is 3. The van der Waals surface area contributed by atoms with E-state index in [-0.39, 0.29) is 0 Å². The van der Waals surface area contributed by atoms with Gasteiger partial charge in [0.25, 0.3) is 0 Å². The molecule has 3 aromatic rings. The van der Waals surface area contributed by atoms with Crippen molar-refractivity contribution in [2.75, 3.05) is 11.9 Å². The van der Waals surface area contributed by atoms with E-state index < -0.39 is 0 Å². The predicted molar refractivity (Wildman–Crippen MR) is 102 cm³/mol. The Labute approximate surface area is 138 Å². The van der Waals surface area contributed by atoms with Gasteiger partial charge in [-0.25, -0.2) is 0 Å². The normalized spacial score (nSPS) is 11.0. The molecule has 3 rings (SSSR count). The molecular formula is C22H21N. The summed E-state index contributed by atoms with van der Waals surface area (Å²) in [5, 5.41) is 2.52. The summed E-state index contributed by atoms with van der Waals surface area (Å²) in [7, 11) is 2.13. The van der Waals surface area contributed by atoms with Crippen molar-refractivity contribution in [3.63, 3.8) is 0 Å². The first-order valence-corrected chi connectivity index (χ1v) is 7.82. The molecule has 0 N–H and O–H groups in total. The van der Waals surface area contributed by atoms with E-state index in [2.05, 4.69) is 86.1 Å². The maximum atomic E-state index is 3.78. The topological polar surface area (TPSA) is 3.24 Å². The van der Waals surface area contributed by atoms with E-state index in [0.29, 0.717) is 0 Å². The first-order chi connectivity index (χ1) is 11.2. The van der Waals surface area contributed by atoms with Crippen LogP contribution in [0.2, 0.25) is 0 Å². The van der Waals surface area contributed by atoms with Crippen molar-refractivity contribution in [3.05, 3.63) is 90.5 Å². The minimum absolute atomic E-state index is 1.19. The van der Waals surface area contributed by atoms with Crippen molar-refractivity contribution >= 4 is 28.2 Å². The van der Waals surface area contributed by atoms with Gasteiger partial charge in [-0.1, -0.05) is 67.3 Å². The summed E-state index contributed by atoms with van der Waals surface area (Å²) in [5.74, 6) is 0. The third-order valence-electron chi connectivity index (χ3n) is 4.21. The lowest BCUT2D eigenvalue weighted by atomic mass is 9.97. The number of nitrogens with zero attached hydrogens (tertiary/aromatic N) is 1. The Hall–Kier alpha value is -2.80. The second-order valence-electron chi connectivity index (χ2n) is 5.65. The first-order valence-electron chi connectivity index (χ1n) is 7.82. The van der Waals surface area contributed by atoms with E-state index in [0.717, 1.165) is 0 Å². The van der Waals surface area contributed by atoms with Gasteiger partial charge in [-0.3, -0.25) is 0 Å². The van der Waals surface area contributed by atoms with Gasteiger partial charge in [0.2, 0.25) is 0 Å². The molecule has 0 bridgehead atoms. The summed E-state index contributed by atoms with van der Waals surface area (Å²) in [5.41, 5.74) is 4.93. The molecule has 0 radical (unpaired) electrons. The summed E-state index contributed by atoms with van der Waals surface area (Å²) >= 11 is 0. The SMILES string of the molecule is C=C/C=C\c1cc2ccccc2c(N(C)c2ccccc2)c1C. The average molecular weight is 299 g/mol. The molecular weight excluding hydrogens is 278 g/mol. The van der Waals surface area contributed by atoms with Crippen LogP contribution in [0, 0.1) is 6.92 Å². The summed E-state index contributed by atoms with van der Waals surface area (Å²) in [6.07, 6.45) is 5.93. The van der Waals surface area contributed by atoms with Crippen LogP contribution in [0.25, 0.3) is 16.8 Å². The zero-order valence-electron chi connectivity index (χ0n) is 13.7. The molecule has 0 spiro atoms. The molecule has 23 heavy (non-hydrogen) atoms. The summed E-state index contributed by atoms with van der Waals surface area (Å²) in [6.45, 7) is 5.96. The summed E-state index contributed by atoms with van der Waals surface area (Å²) in [4.78, 5) is 2.27. The minimum atomic E-state index is 1.19. The molecule has 0 saturated heterocycles. The van der Waals surface area contributed by atoms with Gasteiger partial charge < -0.3 is 4.90 Å². The Morgan fingerprint density at radius 3 is 2.39 bits per heavy atom. The second kappa shape index (κ2) is 6.53. The molecule has 3 aromatic carbocycles. The van der Waals surface area contributed by atoms with Crippen LogP contribution in [0.5, 0.6) is 0 Å². The number of anilines is 2. The summed E-state index contributed by atoms with van der Waals surface area (Å²) < 4.78 is 0. The lowest BCUT2D eigenvalue weighted by molar-refractivity contribution is 1.20. The number of hydrogen-bond acceptors (Lipinski definition) is 1. The van der Waals surface area contributed by atoms with Crippen LogP contribution in [0.1, 0.15) is 11.1 Å². The smallest absolute Gasteiger partial charge is 0.0523 e. The molecule has 1 nitrogen and oxygen atoms in total. The van der Waals surface area contributed by atoms with Crippen molar-refractivity contribution in [1.29, 1.82) is 0 Å². The highest BCUT2D eigenvalue weighted by Crippen LogP contribution is 2.36. The second-order valence-corrected chi connectivity index (χ2v) is 5.65. The van der Waals surface area contributed by atoms with Crippen LogP contribution in [0.4, 0.5) is 11.4 Å². The van der Waals surface area contributed by atoms with Gasteiger partial charge >= 0.3 is 0 Å². The Morgan fingerprint density at radius 1 is 0.957 bits per heavy atom. The van der Waals surface area contributed by atoms with Gasteiger partial charge in [0.05, 0.1) is 5.69 Å². The monoisotopic (exact) mass is 299 g/mol. The van der Waals surface area contributed by atoms with E-state index >= 15 is 0 Å². The lowest BCUT2D eigenvalue weighted by Crippen LogP contribution is -2.12. The molecule has 0 aliphatic rings. The van der Waals surface area contributed by atoms with E-state index in [9.17, 15) is 0 Å². The van der Waals surface area contributed by atoms with Crippen molar-refractivity contribution in [2.45, 2.75) is 6.92 Å². The minimum Gasteiger partial charge on any atom is -0.344 e. The number of fused-ring (bicyclic) bond motifs is 1. The predicted octanol–water partition coefficient (Wildman–Crippen LogP) is 6.12. The number of para-hydroxylation sites is 1. The maximum Gasteiger partial charge on any atom is 0.0523 e. The average Bonchev–Trinajstić information content (AvgIpc) is 2.60. The van der Waals surface area contributed by atoms with Crippen molar-refractivity contribution in [3.8, 4) is 0 Å². The van der Waals surface area contributed by atoms with E-state index in [1.54, 1.807) is 0 Å². The zero-order chi connectivity index (χ0) is 16.2. The highest BCUT2D eigenvalue weighted by Gasteiger charge is 2.13. The standard InChI is InChI=1S/C22H21N/c1-4-5-11-18-16-19-12-9-10-15-21(19)22(17(18)2)23(3)20-13-7-6-8-14-20/h4-16H,1H2,2-3H3/b11-5-. The first kappa shape index (κ1) is 15.1. The molecule has 0 unspecified atom stereocenters. The molecule has 0 fully saturated rings. The Balaban J connectivity index is 2.27. The van der Waals surface area contributed by atoms with Gasteiger partial charge in [-0.15, -0.1) is 0 Å². The molecule has 0 heterocycles. The number of allylic oxidation sites excluding steroid dienone is 2. The maximum absolute atomic E-state index is 3.78. The molecule has 114 valence electrons. The molecule has 0 saturated carbocycles. The molecule has 1 heteroatoms. The Morgan fingerprint density at radius 2 is 1.65 bits per heavy atom. The van der Waals surface area contributed by atoms with E-state index in [1.807, 2.05) is 18.2 Å². The number of rotatable bonds is 4. The van der Waals surface area contributed by atoms with E-state index in [1.165, 1.54) is 33.3 Å². The third-order valence-corrected chi connectivity index (χ3v) is 4.21. The van der Waals surface area contributed by atoms with Crippen LogP contribution in [-0.2, 0) is 0 Å². The van der Waals surface area contributed by atoms with Gasteiger partial charge in [0.15, 0.2) is 0 Å².